The molecule has 0 saturated carbocycles. The lowest BCUT2D eigenvalue weighted by atomic mass is 9.87. The number of anilines is 1. The lowest BCUT2D eigenvalue weighted by Gasteiger charge is -2.39. The highest BCUT2D eigenvalue weighted by Crippen LogP contribution is 2.40. The topological polar surface area (TPSA) is 58.7 Å². The maximum Gasteiger partial charge on any atom is 0.300 e. The van der Waals surface area contributed by atoms with E-state index in [9.17, 15) is 14.0 Å². The minimum Gasteiger partial charge on any atom is -0.381 e. The average molecular weight is 750 g/mol. The fourth-order valence-electron chi connectivity index (χ4n) is 9.53. The summed E-state index contributed by atoms with van der Waals surface area (Å²) in [6.07, 6.45) is 11.4. The van der Waals surface area contributed by atoms with Gasteiger partial charge in [0.05, 0.1) is 17.2 Å². The predicted octanol–water partition coefficient (Wildman–Crippen LogP) is 8.98. The Balaban J connectivity index is 0.949. The number of piperidine rings is 2. The molecule has 3 saturated heterocycles. The van der Waals surface area contributed by atoms with Crippen molar-refractivity contribution in [2.24, 2.45) is 17.8 Å². The molecule has 0 radical (unpaired) electrons. The third kappa shape index (κ3) is 7.22. The second kappa shape index (κ2) is 14.7. The van der Waals surface area contributed by atoms with Crippen LogP contribution in [0, 0.1) is 53.7 Å². The summed E-state index contributed by atoms with van der Waals surface area (Å²) in [6, 6.07) is 14.0. The zero-order valence-electron chi connectivity index (χ0n) is 32.0. The molecule has 7 unspecified atom stereocenters. The zero-order valence-corrected chi connectivity index (χ0v) is 32.0. The molecule has 10 heteroatoms. The van der Waals surface area contributed by atoms with Crippen molar-refractivity contribution in [3.8, 4) is 12.1 Å². The van der Waals surface area contributed by atoms with Crippen LogP contribution < -0.4 is 15.5 Å². The molecule has 0 bridgehead atoms. The summed E-state index contributed by atoms with van der Waals surface area (Å²) in [5, 5.41) is 16.4. The number of alkyl halides is 1. The molecule has 2 N–H and O–H groups in total. The molecular formula is C45H49F4N6+. The minimum atomic E-state index is -1.28. The smallest absolute Gasteiger partial charge is 0.300 e. The Morgan fingerprint density at radius 2 is 1.71 bits per heavy atom. The second-order valence-corrected chi connectivity index (χ2v) is 16.7. The lowest BCUT2D eigenvalue weighted by Crippen LogP contribution is -2.45. The molecule has 2 aliphatic carbocycles. The first-order valence-corrected chi connectivity index (χ1v) is 19.7. The van der Waals surface area contributed by atoms with Crippen molar-refractivity contribution >= 4 is 11.4 Å². The van der Waals surface area contributed by atoms with Gasteiger partial charge < -0.3 is 20.4 Å². The van der Waals surface area contributed by atoms with Gasteiger partial charge in [0.25, 0.3) is 6.07 Å². The van der Waals surface area contributed by atoms with Gasteiger partial charge in [-0.1, -0.05) is 29.1 Å². The molecule has 2 aromatic carbocycles. The molecule has 0 spiro atoms. The average Bonchev–Trinajstić information content (AvgIpc) is 3.78. The quantitative estimate of drug-likeness (QED) is 0.299. The zero-order chi connectivity index (χ0) is 38.6. The van der Waals surface area contributed by atoms with Crippen molar-refractivity contribution in [2.45, 2.75) is 89.6 Å². The van der Waals surface area contributed by atoms with Gasteiger partial charge in [0.2, 0.25) is 0 Å². The number of aryl methyl sites for hydroxylation is 1. The maximum atomic E-state index is 15.9. The van der Waals surface area contributed by atoms with Crippen LogP contribution in [0.3, 0.4) is 0 Å². The number of rotatable bonds is 5. The molecule has 0 aromatic heterocycles. The number of fused-ring (bicyclic) bond motifs is 2. The monoisotopic (exact) mass is 749 g/mol. The van der Waals surface area contributed by atoms with E-state index >= 15 is 8.78 Å². The van der Waals surface area contributed by atoms with Crippen molar-refractivity contribution in [1.29, 1.82) is 5.26 Å². The van der Waals surface area contributed by atoms with Crippen molar-refractivity contribution in [1.82, 2.24) is 15.5 Å². The Kier molecular flexibility index (Phi) is 9.92. The highest BCUT2D eigenvalue weighted by molar-refractivity contribution is 5.69. The molecule has 6 nitrogen and oxygen atoms in total. The Hall–Kier alpha value is -4.80. The standard InChI is InChI=1S/C45H49F4N6/c1-26-8-10-28(22-50)16-41(26)54-14-12-38-31(24-54)19-40(53-38)44-35(48)20-32(21-36(44)49)45(3,4)51-23-29-11-9-27(2)42(17-29)55-15-13-37-30(25-55)18-39(52-37)43-33(46)6-5-7-34(43)47/h5-6,8-10,16-17,19-21,29-31,34,37-39,52-53H,7,11-15,18,24-25H2,1-4H3/q+1. The number of nitrogens with one attached hydrogen (secondary N) is 2. The summed E-state index contributed by atoms with van der Waals surface area (Å²) in [4.78, 5) is 9.43. The first kappa shape index (κ1) is 37.1. The van der Waals surface area contributed by atoms with Crippen LogP contribution in [-0.2, 0) is 5.54 Å². The summed E-state index contributed by atoms with van der Waals surface area (Å²) in [7, 11) is 0. The lowest BCUT2D eigenvalue weighted by molar-refractivity contribution is 0.203. The molecule has 4 aliphatic heterocycles. The van der Waals surface area contributed by atoms with Crippen LogP contribution in [0.5, 0.6) is 0 Å². The second-order valence-electron chi connectivity index (χ2n) is 16.7. The molecule has 8 rings (SSSR count). The van der Waals surface area contributed by atoms with E-state index in [-0.39, 0.29) is 53.4 Å². The Morgan fingerprint density at radius 3 is 2.47 bits per heavy atom. The van der Waals surface area contributed by atoms with Crippen molar-refractivity contribution < 1.29 is 17.6 Å². The molecule has 286 valence electrons. The summed E-state index contributed by atoms with van der Waals surface area (Å²) in [5.74, 6) is -1.46. The molecule has 2 aromatic rings. The van der Waals surface area contributed by atoms with E-state index in [1.54, 1.807) is 6.08 Å². The SMILES string of the molecule is CC1=CCC(C#[N+]C(C)(C)c2cc(F)c(C3=CC4CN(c5cc(C#N)ccc5C)CCC4N3)c(F)c2)C=C1N1CCC2NC(C3=C(F)C=CCC3F)CC2C1. The van der Waals surface area contributed by atoms with Gasteiger partial charge in [-0.15, -0.1) is 0 Å². The number of nitrogens with zero attached hydrogens (tertiary/aromatic N) is 4. The predicted molar refractivity (Wildman–Crippen MR) is 209 cm³/mol. The Morgan fingerprint density at radius 1 is 0.945 bits per heavy atom. The number of hydrogen-bond acceptors (Lipinski definition) is 5. The largest absolute Gasteiger partial charge is 0.381 e. The number of likely N-dealkylation sites (tertiary alicyclic amines) is 1. The van der Waals surface area contributed by atoms with E-state index in [0.29, 0.717) is 29.8 Å². The van der Waals surface area contributed by atoms with E-state index in [1.165, 1.54) is 23.8 Å². The number of nitriles is 1. The van der Waals surface area contributed by atoms with Gasteiger partial charge in [0.15, 0.2) is 0 Å². The van der Waals surface area contributed by atoms with Crippen LogP contribution in [0.2, 0.25) is 0 Å². The van der Waals surface area contributed by atoms with Crippen LogP contribution in [0.15, 0.2) is 83.4 Å². The van der Waals surface area contributed by atoms with Gasteiger partial charge in [0, 0.05) is 98.7 Å². The molecule has 55 heavy (non-hydrogen) atoms. The van der Waals surface area contributed by atoms with Crippen LogP contribution in [-0.4, -0.2) is 55.4 Å². The van der Waals surface area contributed by atoms with Crippen molar-refractivity contribution in [3.63, 3.8) is 0 Å². The van der Waals surface area contributed by atoms with Crippen LogP contribution >= 0.6 is 0 Å². The maximum absolute atomic E-state index is 15.9. The van der Waals surface area contributed by atoms with Crippen molar-refractivity contribution in [3.05, 3.63) is 122 Å². The number of allylic oxidation sites excluding steroid dienone is 6. The number of benzene rings is 2. The van der Waals surface area contributed by atoms with Gasteiger partial charge in [-0.25, -0.2) is 17.6 Å². The molecule has 6 aliphatic rings. The molecule has 0 amide bonds. The van der Waals surface area contributed by atoms with Gasteiger partial charge in [-0.2, -0.15) is 5.26 Å². The first-order valence-electron chi connectivity index (χ1n) is 19.7. The number of hydrogen-bond donors (Lipinski definition) is 2. The number of halogens is 4. The Labute approximate surface area is 321 Å². The first-order chi connectivity index (χ1) is 26.4. The Bertz CT molecular complexity index is 2120. The summed E-state index contributed by atoms with van der Waals surface area (Å²) in [5.41, 5.74) is 5.23. The van der Waals surface area contributed by atoms with Crippen LogP contribution in [0.4, 0.5) is 23.2 Å². The van der Waals surface area contributed by atoms with Crippen molar-refractivity contribution in [2.75, 3.05) is 31.1 Å². The van der Waals surface area contributed by atoms with Crippen LogP contribution in [0.25, 0.3) is 10.5 Å². The fraction of sp³-hybridized carbons (Fsp3) is 0.467. The van der Waals surface area contributed by atoms with Gasteiger partial charge in [-0.3, -0.25) is 0 Å². The highest BCUT2D eigenvalue weighted by atomic mass is 19.1. The van der Waals surface area contributed by atoms with Gasteiger partial charge in [0.1, 0.15) is 29.6 Å². The van der Waals surface area contributed by atoms with E-state index < -0.39 is 29.2 Å². The fourth-order valence-corrected chi connectivity index (χ4v) is 9.53. The molecule has 4 heterocycles. The van der Waals surface area contributed by atoms with E-state index in [0.717, 1.165) is 55.8 Å². The highest BCUT2D eigenvalue weighted by Gasteiger charge is 2.43. The molecular weight excluding hydrogens is 701 g/mol. The van der Waals surface area contributed by atoms with Gasteiger partial charge in [-0.05, 0) is 93.0 Å². The molecule has 3 fully saturated rings. The normalized spacial score (nSPS) is 29.0. The summed E-state index contributed by atoms with van der Waals surface area (Å²) >= 11 is 0. The summed E-state index contributed by atoms with van der Waals surface area (Å²) < 4.78 is 61.2. The third-order valence-corrected chi connectivity index (χ3v) is 12.7. The minimum absolute atomic E-state index is 0.0499. The third-order valence-electron chi connectivity index (χ3n) is 12.7. The van der Waals surface area contributed by atoms with E-state index in [2.05, 4.69) is 51.6 Å². The summed E-state index contributed by atoms with van der Waals surface area (Å²) in [6.45, 7) is 10.9. The van der Waals surface area contributed by atoms with E-state index in [4.69, 9.17) is 4.85 Å². The van der Waals surface area contributed by atoms with Gasteiger partial charge >= 0.3 is 5.54 Å². The van der Waals surface area contributed by atoms with Crippen LogP contribution in [0.1, 0.15) is 75.1 Å². The molecule has 7 atom stereocenters. The van der Waals surface area contributed by atoms with E-state index in [1.807, 2.05) is 45.0 Å².